The van der Waals surface area contributed by atoms with Crippen LogP contribution in [0.1, 0.15) is 16.7 Å². The molecule has 8 heteroatoms. The second-order valence-electron chi connectivity index (χ2n) is 6.03. The van der Waals surface area contributed by atoms with E-state index in [4.69, 9.17) is 5.84 Å². The van der Waals surface area contributed by atoms with Gasteiger partial charge >= 0.3 is 0 Å². The molecule has 3 rings (SSSR count). The molecular formula is C18H20N6OS. The highest BCUT2D eigenvalue weighted by Crippen LogP contribution is 2.24. The molecule has 0 aliphatic heterocycles. The van der Waals surface area contributed by atoms with E-state index < -0.39 is 0 Å². The van der Waals surface area contributed by atoms with Gasteiger partial charge in [-0.2, -0.15) is 0 Å². The summed E-state index contributed by atoms with van der Waals surface area (Å²) in [4.78, 5) is 16.4. The van der Waals surface area contributed by atoms with E-state index in [-0.39, 0.29) is 11.7 Å². The number of amides is 1. The molecule has 0 bridgehead atoms. The lowest BCUT2D eigenvalue weighted by Gasteiger charge is -2.12. The molecule has 3 N–H and O–H groups in total. The van der Waals surface area contributed by atoms with Gasteiger partial charge in [0.15, 0.2) is 5.82 Å². The number of aromatic nitrogens is 4. The summed E-state index contributed by atoms with van der Waals surface area (Å²) in [5.74, 6) is 6.63. The zero-order chi connectivity index (χ0) is 18.7. The van der Waals surface area contributed by atoms with E-state index in [0.717, 1.165) is 22.4 Å². The largest absolute Gasteiger partial charge is 0.335 e. The molecule has 2 aromatic heterocycles. The number of nitrogens with two attached hydrogens (primary N) is 1. The first-order valence-electron chi connectivity index (χ1n) is 8.07. The highest BCUT2D eigenvalue weighted by Gasteiger charge is 2.15. The lowest BCUT2D eigenvalue weighted by molar-refractivity contribution is -0.113. The molecule has 0 saturated heterocycles. The van der Waals surface area contributed by atoms with Crippen LogP contribution >= 0.6 is 11.8 Å². The van der Waals surface area contributed by atoms with E-state index in [2.05, 4.69) is 20.5 Å². The number of hydrogen-bond acceptors (Lipinski definition) is 6. The Morgan fingerprint density at radius 2 is 1.96 bits per heavy atom. The highest BCUT2D eigenvalue weighted by molar-refractivity contribution is 7.99. The summed E-state index contributed by atoms with van der Waals surface area (Å²) < 4.78 is 1.37. The lowest BCUT2D eigenvalue weighted by Crippen LogP contribution is -2.17. The normalized spacial score (nSPS) is 10.7. The number of aryl methyl sites for hydroxylation is 3. The van der Waals surface area contributed by atoms with Crippen LogP contribution in [-0.4, -0.2) is 31.5 Å². The monoisotopic (exact) mass is 368 g/mol. The molecule has 0 radical (unpaired) electrons. The highest BCUT2D eigenvalue weighted by atomic mass is 32.2. The molecule has 0 unspecified atom stereocenters. The van der Waals surface area contributed by atoms with Crippen LogP contribution in [0.15, 0.2) is 41.8 Å². The Bertz CT molecular complexity index is 915. The molecule has 0 aliphatic rings. The van der Waals surface area contributed by atoms with Crippen LogP contribution in [0.4, 0.5) is 5.69 Å². The Morgan fingerprint density at radius 3 is 2.62 bits per heavy atom. The number of benzene rings is 1. The maximum Gasteiger partial charge on any atom is 0.234 e. The second kappa shape index (κ2) is 7.57. The van der Waals surface area contributed by atoms with Crippen molar-refractivity contribution in [3.8, 4) is 11.4 Å². The van der Waals surface area contributed by atoms with Crippen LogP contribution in [0.5, 0.6) is 0 Å². The van der Waals surface area contributed by atoms with Gasteiger partial charge in [0, 0.05) is 23.6 Å². The maximum absolute atomic E-state index is 12.3. The first-order valence-corrected chi connectivity index (χ1v) is 9.05. The lowest BCUT2D eigenvalue weighted by atomic mass is 10.1. The SMILES string of the molecule is Cc1cc(C)c(NC(=O)CSc2nnc(-c3cccnc3)n2N)c(C)c1. The first-order chi connectivity index (χ1) is 12.5. The molecule has 7 nitrogen and oxygen atoms in total. The van der Waals surface area contributed by atoms with Crippen molar-refractivity contribution >= 4 is 23.4 Å². The number of hydrogen-bond donors (Lipinski definition) is 2. The van der Waals surface area contributed by atoms with Gasteiger partial charge < -0.3 is 11.2 Å². The third kappa shape index (κ3) is 3.85. The maximum atomic E-state index is 12.3. The Labute approximate surface area is 156 Å². The predicted octanol–water partition coefficient (Wildman–Crippen LogP) is 2.71. The topological polar surface area (TPSA) is 98.7 Å². The summed E-state index contributed by atoms with van der Waals surface area (Å²) in [5, 5.41) is 11.6. The predicted molar refractivity (Wildman–Crippen MR) is 103 cm³/mol. The molecule has 26 heavy (non-hydrogen) atoms. The van der Waals surface area contributed by atoms with Crippen LogP contribution in [0.3, 0.4) is 0 Å². The fraction of sp³-hybridized carbons (Fsp3) is 0.222. The first kappa shape index (κ1) is 17.9. The number of carbonyl (C=O) groups is 1. The molecule has 2 heterocycles. The number of pyridine rings is 1. The van der Waals surface area contributed by atoms with E-state index >= 15 is 0 Å². The number of nitrogens with one attached hydrogen (secondary N) is 1. The van der Waals surface area contributed by atoms with Crippen molar-refractivity contribution < 1.29 is 4.79 Å². The molecular weight excluding hydrogens is 348 g/mol. The molecule has 0 saturated carbocycles. The van der Waals surface area contributed by atoms with Crippen LogP contribution < -0.4 is 11.2 Å². The summed E-state index contributed by atoms with van der Waals surface area (Å²) in [6, 6.07) is 7.75. The molecule has 1 aromatic carbocycles. The number of thioether (sulfide) groups is 1. The summed E-state index contributed by atoms with van der Waals surface area (Å²) >= 11 is 1.24. The third-order valence-corrected chi connectivity index (χ3v) is 4.80. The summed E-state index contributed by atoms with van der Waals surface area (Å²) in [6.07, 6.45) is 3.34. The van der Waals surface area contributed by atoms with Gasteiger partial charge in [-0.15, -0.1) is 10.2 Å². The molecule has 3 aromatic rings. The summed E-state index contributed by atoms with van der Waals surface area (Å²) in [7, 11) is 0. The summed E-state index contributed by atoms with van der Waals surface area (Å²) in [6.45, 7) is 6.01. The Hall–Kier alpha value is -2.87. The van der Waals surface area contributed by atoms with Gasteiger partial charge in [0.2, 0.25) is 11.1 Å². The van der Waals surface area contributed by atoms with Crippen molar-refractivity contribution in [2.45, 2.75) is 25.9 Å². The van der Waals surface area contributed by atoms with Crippen molar-refractivity contribution in [1.82, 2.24) is 19.9 Å². The fourth-order valence-electron chi connectivity index (χ4n) is 2.75. The zero-order valence-corrected chi connectivity index (χ0v) is 15.7. The van der Waals surface area contributed by atoms with Crippen LogP contribution in [0.25, 0.3) is 11.4 Å². The van der Waals surface area contributed by atoms with Gasteiger partial charge in [-0.3, -0.25) is 9.78 Å². The molecule has 0 atom stereocenters. The number of nitrogen functional groups attached to an aromatic ring is 1. The van der Waals surface area contributed by atoms with Gasteiger partial charge in [-0.1, -0.05) is 29.5 Å². The van der Waals surface area contributed by atoms with Gasteiger partial charge in [0.05, 0.1) is 5.75 Å². The molecule has 0 fully saturated rings. The van der Waals surface area contributed by atoms with Gasteiger partial charge in [-0.25, -0.2) is 4.68 Å². The van der Waals surface area contributed by atoms with E-state index in [9.17, 15) is 4.79 Å². The van der Waals surface area contributed by atoms with Crippen LogP contribution in [-0.2, 0) is 4.79 Å². The molecule has 0 aliphatic carbocycles. The Morgan fingerprint density at radius 1 is 1.23 bits per heavy atom. The van der Waals surface area contributed by atoms with Crippen LogP contribution in [0, 0.1) is 20.8 Å². The van der Waals surface area contributed by atoms with Crippen molar-refractivity contribution in [1.29, 1.82) is 0 Å². The van der Waals surface area contributed by atoms with E-state index in [1.54, 1.807) is 18.5 Å². The fourth-order valence-corrected chi connectivity index (χ4v) is 3.41. The smallest absolute Gasteiger partial charge is 0.234 e. The van der Waals surface area contributed by atoms with Gasteiger partial charge in [-0.05, 0) is 44.0 Å². The van der Waals surface area contributed by atoms with E-state index in [0.29, 0.717) is 11.0 Å². The number of rotatable bonds is 5. The minimum absolute atomic E-state index is 0.115. The Kier molecular flexibility index (Phi) is 5.22. The van der Waals surface area contributed by atoms with Gasteiger partial charge in [0.25, 0.3) is 0 Å². The van der Waals surface area contributed by atoms with Crippen molar-refractivity contribution in [3.63, 3.8) is 0 Å². The third-order valence-electron chi connectivity index (χ3n) is 3.86. The minimum atomic E-state index is -0.115. The number of anilines is 1. The summed E-state index contributed by atoms with van der Waals surface area (Å²) in [5.41, 5.74) is 4.88. The standard InChI is InChI=1S/C18H20N6OS/c1-11-7-12(2)16(13(3)8-11)21-15(25)10-26-18-23-22-17(24(18)19)14-5-4-6-20-9-14/h4-9H,10,19H2,1-3H3,(H,21,25). The molecule has 0 spiro atoms. The molecule has 134 valence electrons. The van der Waals surface area contributed by atoms with Crippen molar-refractivity contribution in [2.24, 2.45) is 0 Å². The number of nitrogens with zero attached hydrogens (tertiary/aromatic N) is 4. The Balaban J connectivity index is 1.67. The zero-order valence-electron chi connectivity index (χ0n) is 14.9. The number of carbonyl (C=O) groups excluding carboxylic acids is 1. The quantitative estimate of drug-likeness (QED) is 0.531. The van der Waals surface area contributed by atoms with Gasteiger partial charge in [0.1, 0.15) is 0 Å². The molecule has 1 amide bonds. The van der Waals surface area contributed by atoms with E-state index in [1.165, 1.54) is 22.0 Å². The average Bonchev–Trinajstić information content (AvgIpc) is 2.98. The van der Waals surface area contributed by atoms with E-state index in [1.807, 2.05) is 39.0 Å². The van der Waals surface area contributed by atoms with Crippen LogP contribution in [0.2, 0.25) is 0 Å². The van der Waals surface area contributed by atoms with Crippen molar-refractivity contribution in [3.05, 3.63) is 53.3 Å². The van der Waals surface area contributed by atoms with Crippen molar-refractivity contribution in [2.75, 3.05) is 16.9 Å². The average molecular weight is 368 g/mol. The minimum Gasteiger partial charge on any atom is -0.335 e. The second-order valence-corrected chi connectivity index (χ2v) is 6.97.